The highest BCUT2D eigenvalue weighted by Gasteiger charge is 2.13. The predicted octanol–water partition coefficient (Wildman–Crippen LogP) is 1.84. The van der Waals surface area contributed by atoms with Crippen molar-refractivity contribution in [2.75, 3.05) is 51.6 Å². The molecule has 0 saturated heterocycles. The van der Waals surface area contributed by atoms with E-state index in [1.165, 1.54) is 12.1 Å². The summed E-state index contributed by atoms with van der Waals surface area (Å²) in [5, 5.41) is 0.808. The monoisotopic (exact) mass is 396 g/mol. The fourth-order valence-corrected chi connectivity index (χ4v) is 2.60. The molecule has 0 spiro atoms. The first-order chi connectivity index (χ1) is 10.7. The Balaban J connectivity index is 1.99. The van der Waals surface area contributed by atoms with Crippen molar-refractivity contribution in [3.8, 4) is 0 Å². The summed E-state index contributed by atoms with van der Waals surface area (Å²) in [7, 11) is -3.70. The highest BCUT2D eigenvalue weighted by Crippen LogP contribution is 2.10. The number of halogens is 1. The van der Waals surface area contributed by atoms with Crippen LogP contribution < -0.4 is 0 Å². The maximum atomic E-state index is 11.8. The van der Waals surface area contributed by atoms with Gasteiger partial charge in [0.05, 0.1) is 51.1 Å². The Kier molecular flexibility index (Phi) is 10.6. The third-order valence-electron chi connectivity index (χ3n) is 2.46. The molecule has 0 fully saturated rings. The Bertz CT molecular complexity index is 479. The van der Waals surface area contributed by atoms with E-state index in [-0.39, 0.29) is 18.1 Å². The molecule has 0 N–H and O–H groups in total. The van der Waals surface area contributed by atoms with Crippen LogP contribution in [0.25, 0.3) is 0 Å². The Morgan fingerprint density at radius 2 is 1.27 bits per heavy atom. The SMILES string of the molecule is O=S(=O)(OCCOCCOCCOCCBr)c1ccccc1. The normalized spacial score (nSPS) is 11.7. The second-order valence-electron chi connectivity index (χ2n) is 4.12. The van der Waals surface area contributed by atoms with Crippen LogP contribution >= 0.6 is 15.9 Å². The van der Waals surface area contributed by atoms with Gasteiger partial charge in [-0.3, -0.25) is 4.18 Å². The van der Waals surface area contributed by atoms with Crippen molar-refractivity contribution in [1.82, 2.24) is 0 Å². The van der Waals surface area contributed by atoms with E-state index < -0.39 is 10.1 Å². The molecule has 1 rings (SSSR count). The Labute approximate surface area is 140 Å². The summed E-state index contributed by atoms with van der Waals surface area (Å²) in [6.07, 6.45) is 0. The summed E-state index contributed by atoms with van der Waals surface area (Å²) in [5.74, 6) is 0. The fourth-order valence-electron chi connectivity index (χ4n) is 1.45. The topological polar surface area (TPSA) is 71.1 Å². The maximum Gasteiger partial charge on any atom is 0.297 e. The summed E-state index contributed by atoms with van der Waals surface area (Å²) in [6.45, 7) is 2.70. The van der Waals surface area contributed by atoms with Gasteiger partial charge in [-0.25, -0.2) is 0 Å². The van der Waals surface area contributed by atoms with Crippen LogP contribution in [-0.4, -0.2) is 60.0 Å². The minimum atomic E-state index is -3.70. The largest absolute Gasteiger partial charge is 0.378 e. The Morgan fingerprint density at radius 3 is 1.82 bits per heavy atom. The lowest BCUT2D eigenvalue weighted by Gasteiger charge is -2.07. The van der Waals surface area contributed by atoms with Crippen molar-refractivity contribution in [2.24, 2.45) is 0 Å². The molecule has 0 aliphatic carbocycles. The zero-order chi connectivity index (χ0) is 16.1. The maximum absolute atomic E-state index is 11.8. The van der Waals surface area contributed by atoms with E-state index in [1.54, 1.807) is 18.2 Å². The summed E-state index contributed by atoms with van der Waals surface area (Å²) >= 11 is 3.26. The molecule has 0 bridgehead atoms. The van der Waals surface area contributed by atoms with Crippen molar-refractivity contribution in [3.63, 3.8) is 0 Å². The van der Waals surface area contributed by atoms with Gasteiger partial charge in [0.15, 0.2) is 0 Å². The highest BCUT2D eigenvalue weighted by atomic mass is 79.9. The molecular weight excluding hydrogens is 376 g/mol. The molecule has 0 unspecified atom stereocenters. The van der Waals surface area contributed by atoms with Gasteiger partial charge < -0.3 is 14.2 Å². The number of hydrogen-bond acceptors (Lipinski definition) is 6. The van der Waals surface area contributed by atoms with Gasteiger partial charge in [-0.1, -0.05) is 34.1 Å². The molecule has 0 saturated carbocycles. The summed E-state index contributed by atoms with van der Waals surface area (Å²) in [6, 6.07) is 8.01. The third-order valence-corrected chi connectivity index (χ3v) is 4.11. The van der Waals surface area contributed by atoms with Gasteiger partial charge in [-0.2, -0.15) is 8.42 Å². The second kappa shape index (κ2) is 12.0. The highest BCUT2D eigenvalue weighted by molar-refractivity contribution is 9.09. The number of rotatable bonds is 13. The molecular formula is C14H21BrO6S. The zero-order valence-electron chi connectivity index (χ0n) is 12.3. The molecule has 126 valence electrons. The van der Waals surface area contributed by atoms with Crippen molar-refractivity contribution in [2.45, 2.75) is 4.90 Å². The number of ether oxygens (including phenoxy) is 3. The first-order valence-corrected chi connectivity index (χ1v) is 9.43. The van der Waals surface area contributed by atoms with E-state index in [4.69, 9.17) is 18.4 Å². The van der Waals surface area contributed by atoms with Gasteiger partial charge in [0.25, 0.3) is 10.1 Å². The summed E-state index contributed by atoms with van der Waals surface area (Å²) < 4.78 is 44.1. The average molecular weight is 397 g/mol. The predicted molar refractivity (Wildman–Crippen MR) is 85.8 cm³/mol. The van der Waals surface area contributed by atoms with Crippen LogP contribution in [0.5, 0.6) is 0 Å². The number of hydrogen-bond donors (Lipinski definition) is 0. The number of alkyl halides is 1. The van der Waals surface area contributed by atoms with Crippen LogP contribution in [0.2, 0.25) is 0 Å². The van der Waals surface area contributed by atoms with Gasteiger partial charge in [-0.05, 0) is 12.1 Å². The van der Waals surface area contributed by atoms with Gasteiger partial charge in [0.1, 0.15) is 0 Å². The van der Waals surface area contributed by atoms with E-state index in [0.29, 0.717) is 33.0 Å². The van der Waals surface area contributed by atoms with Crippen molar-refractivity contribution in [1.29, 1.82) is 0 Å². The van der Waals surface area contributed by atoms with Crippen LogP contribution in [0.1, 0.15) is 0 Å². The Morgan fingerprint density at radius 1 is 0.773 bits per heavy atom. The molecule has 0 radical (unpaired) electrons. The zero-order valence-corrected chi connectivity index (χ0v) is 14.7. The van der Waals surface area contributed by atoms with E-state index in [2.05, 4.69) is 15.9 Å². The van der Waals surface area contributed by atoms with Crippen LogP contribution in [0.4, 0.5) is 0 Å². The lowest BCUT2D eigenvalue weighted by molar-refractivity contribution is 0.0122. The van der Waals surface area contributed by atoms with E-state index in [0.717, 1.165) is 5.33 Å². The lowest BCUT2D eigenvalue weighted by Crippen LogP contribution is -2.14. The molecule has 1 aromatic carbocycles. The van der Waals surface area contributed by atoms with Crippen LogP contribution in [0, 0.1) is 0 Å². The minimum absolute atomic E-state index is 0.0222. The number of benzene rings is 1. The molecule has 0 aliphatic heterocycles. The third kappa shape index (κ3) is 8.82. The first-order valence-electron chi connectivity index (χ1n) is 6.90. The quantitative estimate of drug-likeness (QED) is 0.287. The lowest BCUT2D eigenvalue weighted by atomic mass is 10.4. The molecule has 1 aromatic rings. The smallest absolute Gasteiger partial charge is 0.297 e. The molecule has 22 heavy (non-hydrogen) atoms. The molecule has 0 heterocycles. The molecule has 0 atom stereocenters. The molecule has 0 aromatic heterocycles. The fraction of sp³-hybridized carbons (Fsp3) is 0.571. The van der Waals surface area contributed by atoms with Crippen LogP contribution in [-0.2, 0) is 28.5 Å². The summed E-state index contributed by atoms with van der Waals surface area (Å²) in [5.41, 5.74) is 0. The van der Waals surface area contributed by atoms with Crippen molar-refractivity contribution >= 4 is 26.0 Å². The van der Waals surface area contributed by atoms with Crippen LogP contribution in [0.15, 0.2) is 35.2 Å². The van der Waals surface area contributed by atoms with E-state index in [9.17, 15) is 8.42 Å². The standard InChI is InChI=1S/C14H21BrO6S/c15-6-7-18-8-9-19-10-11-20-12-13-21-22(16,17)14-4-2-1-3-5-14/h1-5H,6-13H2. The van der Waals surface area contributed by atoms with Crippen molar-refractivity contribution < 1.29 is 26.8 Å². The van der Waals surface area contributed by atoms with Gasteiger partial charge >= 0.3 is 0 Å². The minimum Gasteiger partial charge on any atom is -0.378 e. The first kappa shape index (κ1) is 19.5. The van der Waals surface area contributed by atoms with E-state index in [1.807, 2.05) is 0 Å². The average Bonchev–Trinajstić information content (AvgIpc) is 2.53. The Hall–Kier alpha value is -0.510. The molecule has 0 aliphatic rings. The summed E-state index contributed by atoms with van der Waals surface area (Å²) in [4.78, 5) is 0.141. The molecule has 8 heteroatoms. The van der Waals surface area contributed by atoms with Gasteiger partial charge in [0, 0.05) is 5.33 Å². The van der Waals surface area contributed by atoms with E-state index >= 15 is 0 Å². The van der Waals surface area contributed by atoms with Gasteiger partial charge in [-0.15, -0.1) is 0 Å². The van der Waals surface area contributed by atoms with Crippen molar-refractivity contribution in [3.05, 3.63) is 30.3 Å². The molecule has 6 nitrogen and oxygen atoms in total. The van der Waals surface area contributed by atoms with Gasteiger partial charge in [0.2, 0.25) is 0 Å². The van der Waals surface area contributed by atoms with Crippen LogP contribution in [0.3, 0.4) is 0 Å². The second-order valence-corrected chi connectivity index (χ2v) is 6.52. The molecule has 0 amide bonds.